The smallest absolute Gasteiger partial charge is 0.272 e. The number of aromatic amines is 1. The van der Waals surface area contributed by atoms with Gasteiger partial charge in [0, 0.05) is 19.8 Å². The van der Waals surface area contributed by atoms with Crippen LogP contribution in [0.25, 0.3) is 0 Å². The number of aryl methyl sites for hydroxylation is 1. The molecule has 2 aromatic heterocycles. The van der Waals surface area contributed by atoms with Crippen LogP contribution in [0.1, 0.15) is 23.2 Å². The lowest BCUT2D eigenvalue weighted by atomic mass is 10.3. The van der Waals surface area contributed by atoms with Gasteiger partial charge in [0.05, 0.1) is 6.54 Å². The predicted octanol–water partition coefficient (Wildman–Crippen LogP) is -0.405. The lowest BCUT2D eigenvalue weighted by Crippen LogP contribution is -2.32. The number of hydrogen-bond acceptors (Lipinski definition) is 5. The van der Waals surface area contributed by atoms with Gasteiger partial charge in [-0.2, -0.15) is 10.3 Å². The van der Waals surface area contributed by atoms with E-state index in [-0.39, 0.29) is 5.91 Å². The summed E-state index contributed by atoms with van der Waals surface area (Å²) in [4.78, 5) is 13.8. The normalized spacial score (nSPS) is 10.5. The van der Waals surface area contributed by atoms with Crippen molar-refractivity contribution < 1.29 is 4.79 Å². The summed E-state index contributed by atoms with van der Waals surface area (Å²) in [5.74, 6) is 0.389. The number of nitrogens with one attached hydrogen (secondary N) is 1. The number of nitrogens with zero attached hydrogens (tertiary/aromatic N) is 6. The molecule has 0 saturated heterocycles. The van der Waals surface area contributed by atoms with Crippen molar-refractivity contribution in [2.24, 2.45) is 7.05 Å². The van der Waals surface area contributed by atoms with Crippen LogP contribution >= 0.6 is 0 Å². The van der Waals surface area contributed by atoms with Crippen molar-refractivity contribution in [2.45, 2.75) is 13.5 Å². The maximum atomic E-state index is 12.2. The number of rotatable bonds is 4. The highest BCUT2D eigenvalue weighted by atomic mass is 16.2. The first-order chi connectivity index (χ1) is 8.22. The number of carbonyl (C=O) groups excluding carboxylic acids is 1. The first-order valence-electron chi connectivity index (χ1n) is 5.22. The molecule has 0 aliphatic carbocycles. The van der Waals surface area contributed by atoms with E-state index in [4.69, 9.17) is 0 Å². The van der Waals surface area contributed by atoms with Gasteiger partial charge < -0.3 is 4.90 Å². The number of aromatic nitrogens is 6. The molecular weight excluding hydrogens is 222 g/mol. The maximum absolute atomic E-state index is 12.2. The SMILES string of the molecule is CCN(Cc1nn[nH]n1)C(=O)c1ccnn1C. The highest BCUT2D eigenvalue weighted by Crippen LogP contribution is 2.05. The summed E-state index contributed by atoms with van der Waals surface area (Å²) >= 11 is 0. The molecule has 0 unspecified atom stereocenters. The summed E-state index contributed by atoms with van der Waals surface area (Å²) in [7, 11) is 1.73. The van der Waals surface area contributed by atoms with Crippen molar-refractivity contribution in [2.75, 3.05) is 6.54 Å². The van der Waals surface area contributed by atoms with Gasteiger partial charge in [-0.25, -0.2) is 0 Å². The average Bonchev–Trinajstić information content (AvgIpc) is 2.96. The zero-order valence-electron chi connectivity index (χ0n) is 9.66. The highest BCUT2D eigenvalue weighted by Gasteiger charge is 2.18. The first kappa shape index (κ1) is 11.2. The van der Waals surface area contributed by atoms with Crippen LogP contribution in [0.5, 0.6) is 0 Å². The van der Waals surface area contributed by atoms with E-state index in [1.807, 2.05) is 6.92 Å². The fourth-order valence-corrected chi connectivity index (χ4v) is 1.49. The molecule has 8 nitrogen and oxygen atoms in total. The van der Waals surface area contributed by atoms with Crippen LogP contribution in [0.4, 0.5) is 0 Å². The molecule has 0 aromatic carbocycles. The molecule has 0 bridgehead atoms. The van der Waals surface area contributed by atoms with E-state index in [2.05, 4.69) is 25.7 Å². The maximum Gasteiger partial charge on any atom is 0.272 e. The molecule has 2 rings (SSSR count). The van der Waals surface area contributed by atoms with Crippen molar-refractivity contribution in [1.82, 2.24) is 35.3 Å². The molecule has 0 radical (unpaired) electrons. The third kappa shape index (κ3) is 2.30. The number of tetrazole rings is 1. The Bertz CT molecular complexity index is 489. The van der Waals surface area contributed by atoms with Crippen molar-refractivity contribution in [3.63, 3.8) is 0 Å². The molecule has 0 atom stereocenters. The molecule has 17 heavy (non-hydrogen) atoms. The molecule has 90 valence electrons. The van der Waals surface area contributed by atoms with Gasteiger partial charge in [0.2, 0.25) is 0 Å². The second-order valence-electron chi connectivity index (χ2n) is 3.49. The van der Waals surface area contributed by atoms with E-state index in [0.29, 0.717) is 24.6 Å². The molecule has 0 fully saturated rings. The largest absolute Gasteiger partial charge is 0.330 e. The van der Waals surface area contributed by atoms with Gasteiger partial charge in [-0.15, -0.1) is 10.2 Å². The number of H-pyrrole nitrogens is 1. The quantitative estimate of drug-likeness (QED) is 0.778. The Balaban J connectivity index is 2.14. The van der Waals surface area contributed by atoms with Gasteiger partial charge in [0.1, 0.15) is 5.69 Å². The number of amides is 1. The summed E-state index contributed by atoms with van der Waals surface area (Å²) in [6.45, 7) is 2.80. The molecule has 2 aromatic rings. The number of carbonyl (C=O) groups is 1. The topological polar surface area (TPSA) is 92.6 Å². The third-order valence-electron chi connectivity index (χ3n) is 2.43. The van der Waals surface area contributed by atoms with Gasteiger partial charge >= 0.3 is 0 Å². The van der Waals surface area contributed by atoms with Crippen LogP contribution in [-0.2, 0) is 13.6 Å². The van der Waals surface area contributed by atoms with Crippen LogP contribution in [0, 0.1) is 0 Å². The Morgan fingerprint density at radius 1 is 1.59 bits per heavy atom. The minimum absolute atomic E-state index is 0.0997. The van der Waals surface area contributed by atoms with Gasteiger partial charge in [-0.3, -0.25) is 9.48 Å². The fourth-order valence-electron chi connectivity index (χ4n) is 1.49. The summed E-state index contributed by atoms with van der Waals surface area (Å²) in [5, 5.41) is 17.4. The minimum Gasteiger partial charge on any atom is -0.330 e. The van der Waals surface area contributed by atoms with Gasteiger partial charge in [-0.05, 0) is 13.0 Å². The van der Waals surface area contributed by atoms with E-state index >= 15 is 0 Å². The highest BCUT2D eigenvalue weighted by molar-refractivity contribution is 5.92. The van der Waals surface area contributed by atoms with Crippen molar-refractivity contribution in [3.8, 4) is 0 Å². The summed E-state index contributed by atoms with van der Waals surface area (Å²) in [5.41, 5.74) is 0.537. The van der Waals surface area contributed by atoms with Gasteiger partial charge in [0.15, 0.2) is 5.82 Å². The molecule has 0 aliphatic heterocycles. The molecule has 0 spiro atoms. The van der Waals surface area contributed by atoms with Gasteiger partial charge in [-0.1, -0.05) is 5.21 Å². The van der Waals surface area contributed by atoms with Crippen molar-refractivity contribution in [3.05, 3.63) is 23.8 Å². The van der Waals surface area contributed by atoms with E-state index < -0.39 is 0 Å². The van der Waals surface area contributed by atoms with E-state index in [9.17, 15) is 4.79 Å². The molecule has 0 aliphatic rings. The average molecular weight is 235 g/mol. The monoisotopic (exact) mass is 235 g/mol. The van der Waals surface area contributed by atoms with Crippen LogP contribution in [0.15, 0.2) is 12.3 Å². The zero-order valence-corrected chi connectivity index (χ0v) is 9.66. The Labute approximate surface area is 97.6 Å². The van der Waals surface area contributed by atoms with Crippen molar-refractivity contribution in [1.29, 1.82) is 0 Å². The molecular formula is C9H13N7O. The second kappa shape index (κ2) is 4.73. The lowest BCUT2D eigenvalue weighted by Gasteiger charge is -2.18. The fraction of sp³-hybridized carbons (Fsp3) is 0.444. The van der Waals surface area contributed by atoms with Crippen molar-refractivity contribution >= 4 is 5.91 Å². The molecule has 0 saturated carbocycles. The molecule has 8 heteroatoms. The Morgan fingerprint density at radius 3 is 2.94 bits per heavy atom. The van der Waals surface area contributed by atoms with Crippen LogP contribution in [0.2, 0.25) is 0 Å². The van der Waals surface area contributed by atoms with Crippen LogP contribution < -0.4 is 0 Å². The Kier molecular flexibility index (Phi) is 3.12. The molecule has 1 amide bonds. The Morgan fingerprint density at radius 2 is 2.41 bits per heavy atom. The van der Waals surface area contributed by atoms with E-state index in [0.717, 1.165) is 0 Å². The summed E-state index contributed by atoms with van der Waals surface area (Å²) < 4.78 is 1.54. The second-order valence-corrected chi connectivity index (χ2v) is 3.49. The summed E-state index contributed by atoms with van der Waals surface area (Å²) in [6, 6.07) is 1.68. The summed E-state index contributed by atoms with van der Waals surface area (Å²) in [6.07, 6.45) is 1.59. The predicted molar refractivity (Wildman–Crippen MR) is 57.8 cm³/mol. The molecule has 1 N–H and O–H groups in total. The van der Waals surface area contributed by atoms with Crippen LogP contribution in [0.3, 0.4) is 0 Å². The van der Waals surface area contributed by atoms with Gasteiger partial charge in [0.25, 0.3) is 5.91 Å². The minimum atomic E-state index is -0.0997. The standard InChI is InChI=1S/C9H13N7O/c1-3-16(6-8-11-13-14-12-8)9(17)7-4-5-10-15(7)2/h4-5H,3,6H2,1-2H3,(H,11,12,13,14). The number of hydrogen-bond donors (Lipinski definition) is 1. The van der Waals surface area contributed by atoms with E-state index in [1.54, 1.807) is 28.9 Å². The Hall–Kier alpha value is -2.25. The van der Waals surface area contributed by atoms with Crippen LogP contribution in [-0.4, -0.2) is 47.8 Å². The molecule has 2 heterocycles. The zero-order chi connectivity index (χ0) is 12.3. The van der Waals surface area contributed by atoms with E-state index in [1.165, 1.54) is 0 Å². The third-order valence-corrected chi connectivity index (χ3v) is 2.43. The lowest BCUT2D eigenvalue weighted by molar-refractivity contribution is 0.0737. The first-order valence-corrected chi connectivity index (χ1v) is 5.22.